The number of anilines is 1. The van der Waals surface area contributed by atoms with Crippen molar-refractivity contribution in [3.8, 4) is 0 Å². The number of rotatable bonds is 5. The van der Waals surface area contributed by atoms with Gasteiger partial charge in [0.2, 0.25) is 0 Å². The predicted molar refractivity (Wildman–Crippen MR) is 115 cm³/mol. The van der Waals surface area contributed by atoms with Gasteiger partial charge in [-0.1, -0.05) is 31.4 Å². The average Bonchev–Trinajstić information content (AvgIpc) is 3.17. The van der Waals surface area contributed by atoms with Crippen LogP contribution in [0.25, 0.3) is 5.65 Å². The van der Waals surface area contributed by atoms with E-state index in [1.807, 2.05) is 19.9 Å². The Bertz CT molecular complexity index is 1000. The first kappa shape index (κ1) is 19.4. The summed E-state index contributed by atoms with van der Waals surface area (Å²) in [6.45, 7) is 4.37. The van der Waals surface area contributed by atoms with Crippen molar-refractivity contribution in [3.05, 3.63) is 59.0 Å². The monoisotopic (exact) mass is 391 g/mol. The molecule has 6 nitrogen and oxygen atoms in total. The molecule has 29 heavy (non-hydrogen) atoms. The Kier molecular flexibility index (Phi) is 5.51. The van der Waals surface area contributed by atoms with E-state index in [1.165, 1.54) is 37.8 Å². The molecular formula is C23H29N5O. The van der Waals surface area contributed by atoms with Crippen LogP contribution in [0.5, 0.6) is 0 Å². The first-order chi connectivity index (χ1) is 14.0. The predicted octanol–water partition coefficient (Wildman–Crippen LogP) is 4.05. The zero-order valence-corrected chi connectivity index (χ0v) is 17.5. The van der Waals surface area contributed by atoms with E-state index < -0.39 is 0 Å². The maximum atomic E-state index is 12.7. The van der Waals surface area contributed by atoms with Crippen LogP contribution < -0.4 is 10.2 Å². The molecule has 1 N–H and O–H groups in total. The molecule has 1 fully saturated rings. The molecule has 1 saturated carbocycles. The highest BCUT2D eigenvalue weighted by molar-refractivity contribution is 5.99. The Balaban J connectivity index is 1.41. The number of aromatic nitrogens is 3. The first-order valence-electron chi connectivity index (χ1n) is 10.4. The highest BCUT2D eigenvalue weighted by atomic mass is 16.1. The highest BCUT2D eigenvalue weighted by Crippen LogP contribution is 2.26. The maximum absolute atomic E-state index is 12.7. The van der Waals surface area contributed by atoms with Crippen LogP contribution in [0.15, 0.2) is 36.5 Å². The quantitative estimate of drug-likeness (QED) is 0.713. The molecule has 0 aliphatic heterocycles. The summed E-state index contributed by atoms with van der Waals surface area (Å²) in [5, 5.41) is 7.30. The van der Waals surface area contributed by atoms with E-state index in [9.17, 15) is 4.79 Å². The Morgan fingerprint density at radius 1 is 1.17 bits per heavy atom. The number of carbonyl (C=O) groups excluding carboxylic acids is 1. The number of hydrogen-bond acceptors (Lipinski definition) is 4. The second-order valence-electron chi connectivity index (χ2n) is 8.08. The molecule has 1 aliphatic rings. The van der Waals surface area contributed by atoms with Gasteiger partial charge >= 0.3 is 0 Å². The van der Waals surface area contributed by atoms with Crippen molar-refractivity contribution in [3.63, 3.8) is 0 Å². The summed E-state index contributed by atoms with van der Waals surface area (Å²) in [4.78, 5) is 19.6. The van der Waals surface area contributed by atoms with E-state index >= 15 is 0 Å². The molecule has 0 atom stereocenters. The van der Waals surface area contributed by atoms with E-state index in [0.29, 0.717) is 23.8 Å². The lowest BCUT2D eigenvalue weighted by Gasteiger charge is -2.33. The van der Waals surface area contributed by atoms with Crippen molar-refractivity contribution < 1.29 is 4.79 Å². The van der Waals surface area contributed by atoms with Gasteiger partial charge in [0.1, 0.15) is 5.56 Å². The maximum Gasteiger partial charge on any atom is 0.257 e. The summed E-state index contributed by atoms with van der Waals surface area (Å²) in [5.41, 5.74) is 5.27. The molecule has 3 aromatic rings. The Morgan fingerprint density at radius 3 is 2.62 bits per heavy atom. The largest absolute Gasteiger partial charge is 0.372 e. The van der Waals surface area contributed by atoms with Gasteiger partial charge in [0, 0.05) is 36.7 Å². The molecule has 2 aromatic heterocycles. The van der Waals surface area contributed by atoms with Gasteiger partial charge in [-0.15, -0.1) is 0 Å². The van der Waals surface area contributed by atoms with Crippen molar-refractivity contribution in [2.75, 3.05) is 11.9 Å². The van der Waals surface area contributed by atoms with Gasteiger partial charge in [-0.25, -0.2) is 9.50 Å². The van der Waals surface area contributed by atoms with Crippen LogP contribution in [0.3, 0.4) is 0 Å². The van der Waals surface area contributed by atoms with Crippen molar-refractivity contribution in [1.82, 2.24) is 19.9 Å². The highest BCUT2D eigenvalue weighted by Gasteiger charge is 2.18. The first-order valence-corrected chi connectivity index (χ1v) is 10.4. The normalized spacial score (nSPS) is 14.9. The zero-order chi connectivity index (χ0) is 20.4. The van der Waals surface area contributed by atoms with Crippen LogP contribution in [-0.2, 0) is 6.54 Å². The lowest BCUT2D eigenvalue weighted by atomic mass is 9.94. The molecule has 2 heterocycles. The van der Waals surface area contributed by atoms with Crippen LogP contribution >= 0.6 is 0 Å². The summed E-state index contributed by atoms with van der Waals surface area (Å²) in [7, 11) is 2.19. The number of nitrogens with zero attached hydrogens (tertiary/aromatic N) is 4. The Hall–Kier alpha value is -2.89. The minimum atomic E-state index is -0.152. The fourth-order valence-corrected chi connectivity index (χ4v) is 4.24. The van der Waals surface area contributed by atoms with Crippen molar-refractivity contribution in [2.24, 2.45) is 0 Å². The van der Waals surface area contributed by atoms with Gasteiger partial charge in [0.05, 0.1) is 6.20 Å². The SMILES string of the molecule is Cc1cc(C)n2ncc(C(=O)NCc3ccc(N(C)C4CCCCC4)cc3)c2n1. The van der Waals surface area contributed by atoms with Crippen molar-refractivity contribution in [1.29, 1.82) is 0 Å². The van der Waals surface area contributed by atoms with Gasteiger partial charge in [-0.05, 0) is 50.5 Å². The fraction of sp³-hybridized carbons (Fsp3) is 0.435. The fourth-order valence-electron chi connectivity index (χ4n) is 4.24. The standard InChI is InChI=1S/C23H29N5O/c1-16-13-17(2)28-22(26-16)21(15-25-28)23(29)24-14-18-9-11-20(12-10-18)27(3)19-7-5-4-6-8-19/h9-13,15,19H,4-8,14H2,1-3H3,(H,24,29). The summed E-state index contributed by atoms with van der Waals surface area (Å²) in [6, 6.07) is 11.1. The van der Waals surface area contributed by atoms with Crippen LogP contribution in [0.1, 0.15) is 59.4 Å². The summed E-state index contributed by atoms with van der Waals surface area (Å²) in [5.74, 6) is -0.152. The van der Waals surface area contributed by atoms with E-state index in [0.717, 1.165) is 17.0 Å². The minimum absolute atomic E-state index is 0.152. The topological polar surface area (TPSA) is 62.5 Å². The van der Waals surface area contributed by atoms with E-state index in [-0.39, 0.29) is 5.91 Å². The lowest BCUT2D eigenvalue weighted by Crippen LogP contribution is -2.33. The molecule has 1 aliphatic carbocycles. The van der Waals surface area contributed by atoms with Crippen LogP contribution in [-0.4, -0.2) is 33.6 Å². The number of fused-ring (bicyclic) bond motifs is 1. The number of amides is 1. The molecule has 1 aromatic carbocycles. The minimum Gasteiger partial charge on any atom is -0.372 e. The lowest BCUT2D eigenvalue weighted by molar-refractivity contribution is 0.0952. The molecule has 0 spiro atoms. The number of aryl methyl sites for hydroxylation is 2. The van der Waals surface area contributed by atoms with Crippen LogP contribution in [0.4, 0.5) is 5.69 Å². The van der Waals surface area contributed by atoms with Crippen LogP contribution in [0, 0.1) is 13.8 Å². The molecule has 1 amide bonds. The summed E-state index contributed by atoms with van der Waals surface area (Å²) >= 11 is 0. The zero-order valence-electron chi connectivity index (χ0n) is 17.5. The smallest absolute Gasteiger partial charge is 0.257 e. The van der Waals surface area contributed by atoms with E-state index in [4.69, 9.17) is 0 Å². The number of carbonyl (C=O) groups is 1. The van der Waals surface area contributed by atoms with Gasteiger partial charge < -0.3 is 10.2 Å². The third-order valence-electron chi connectivity index (χ3n) is 5.94. The third-order valence-corrected chi connectivity index (χ3v) is 5.94. The molecule has 0 unspecified atom stereocenters. The molecule has 0 saturated heterocycles. The molecule has 0 radical (unpaired) electrons. The van der Waals surface area contributed by atoms with Gasteiger partial charge in [0.15, 0.2) is 5.65 Å². The molecule has 4 rings (SSSR count). The van der Waals surface area contributed by atoms with E-state index in [2.05, 4.69) is 51.6 Å². The summed E-state index contributed by atoms with van der Waals surface area (Å²) < 4.78 is 1.71. The Labute approximate surface area is 171 Å². The third kappa shape index (κ3) is 4.11. The summed E-state index contributed by atoms with van der Waals surface area (Å²) in [6.07, 6.45) is 8.17. The molecule has 0 bridgehead atoms. The molecule has 6 heteroatoms. The van der Waals surface area contributed by atoms with Crippen molar-refractivity contribution >= 4 is 17.2 Å². The Morgan fingerprint density at radius 2 is 1.90 bits per heavy atom. The number of nitrogens with one attached hydrogen (secondary N) is 1. The van der Waals surface area contributed by atoms with Gasteiger partial charge in [0.25, 0.3) is 5.91 Å². The van der Waals surface area contributed by atoms with Gasteiger partial charge in [-0.2, -0.15) is 5.10 Å². The number of benzene rings is 1. The average molecular weight is 392 g/mol. The van der Waals surface area contributed by atoms with Crippen molar-refractivity contribution in [2.45, 2.75) is 58.5 Å². The second kappa shape index (κ2) is 8.23. The van der Waals surface area contributed by atoms with Gasteiger partial charge in [-0.3, -0.25) is 4.79 Å². The van der Waals surface area contributed by atoms with Crippen LogP contribution in [0.2, 0.25) is 0 Å². The second-order valence-corrected chi connectivity index (χ2v) is 8.08. The number of hydrogen-bond donors (Lipinski definition) is 1. The molecular weight excluding hydrogens is 362 g/mol. The molecule has 152 valence electrons. The van der Waals surface area contributed by atoms with E-state index in [1.54, 1.807) is 10.7 Å².